The molecule has 104 valence electrons. The number of rotatable bonds is 4. The van der Waals surface area contributed by atoms with Crippen LogP contribution in [0, 0.1) is 10.1 Å². The highest BCUT2D eigenvalue weighted by Crippen LogP contribution is 2.33. The number of nitro groups is 1. The summed E-state index contributed by atoms with van der Waals surface area (Å²) in [7, 11) is 1.40. The summed E-state index contributed by atoms with van der Waals surface area (Å²) in [4.78, 5) is 17.9. The van der Waals surface area contributed by atoms with Gasteiger partial charge >= 0.3 is 5.69 Å². The Balaban J connectivity index is 2.41. The molecule has 2 rings (SSSR count). The molecule has 0 aliphatic heterocycles. The second kappa shape index (κ2) is 5.57. The van der Waals surface area contributed by atoms with Crippen molar-refractivity contribution >= 4 is 23.2 Å². The van der Waals surface area contributed by atoms with Gasteiger partial charge < -0.3 is 15.2 Å². The molecule has 0 atom stereocenters. The van der Waals surface area contributed by atoms with Gasteiger partial charge in [0.05, 0.1) is 18.1 Å². The van der Waals surface area contributed by atoms with Gasteiger partial charge in [-0.25, -0.2) is 0 Å². The lowest BCUT2D eigenvalue weighted by atomic mass is 10.3. The Morgan fingerprint density at radius 3 is 2.65 bits per heavy atom. The van der Waals surface area contributed by atoms with Gasteiger partial charge in [-0.3, -0.25) is 10.1 Å². The third kappa shape index (κ3) is 3.04. The largest absolute Gasteiger partial charge is 0.481 e. The molecule has 1 aromatic heterocycles. The molecule has 20 heavy (non-hydrogen) atoms. The van der Waals surface area contributed by atoms with Crippen LogP contribution in [0.15, 0.2) is 24.3 Å². The van der Waals surface area contributed by atoms with Crippen molar-refractivity contribution in [2.45, 2.75) is 0 Å². The lowest BCUT2D eigenvalue weighted by Gasteiger charge is -2.07. The Kier molecular flexibility index (Phi) is 3.85. The fourth-order valence-electron chi connectivity index (χ4n) is 1.41. The van der Waals surface area contributed by atoms with Crippen molar-refractivity contribution in [2.24, 2.45) is 0 Å². The average Bonchev–Trinajstić information content (AvgIpc) is 2.37. The Morgan fingerprint density at radius 2 is 2.00 bits per heavy atom. The molecule has 2 aromatic rings. The van der Waals surface area contributed by atoms with E-state index in [9.17, 15) is 10.1 Å². The smallest absolute Gasteiger partial charge is 0.311 e. The fraction of sp³-hybridized carbons (Fsp3) is 0.0909. The van der Waals surface area contributed by atoms with E-state index in [1.54, 1.807) is 0 Å². The highest BCUT2D eigenvalue weighted by Gasteiger charge is 2.17. The molecule has 0 saturated carbocycles. The van der Waals surface area contributed by atoms with Gasteiger partial charge in [0, 0.05) is 17.2 Å². The van der Waals surface area contributed by atoms with Gasteiger partial charge in [0.2, 0.25) is 23.5 Å². The number of ether oxygens (including phenoxy) is 2. The van der Waals surface area contributed by atoms with Crippen LogP contribution >= 0.6 is 11.6 Å². The number of nitrogen functional groups attached to an aromatic ring is 1. The maximum Gasteiger partial charge on any atom is 0.311 e. The van der Waals surface area contributed by atoms with Gasteiger partial charge in [-0.2, -0.15) is 9.97 Å². The number of nitrogens with two attached hydrogens (primary N) is 1. The summed E-state index contributed by atoms with van der Waals surface area (Å²) >= 11 is 5.79. The van der Waals surface area contributed by atoms with Crippen LogP contribution in [0.5, 0.6) is 17.5 Å². The molecular formula is C11H9ClN4O4. The Hall–Kier alpha value is -2.61. The number of halogens is 1. The first-order chi connectivity index (χ1) is 9.49. The minimum atomic E-state index is -0.590. The molecular weight excluding hydrogens is 288 g/mol. The summed E-state index contributed by atoms with van der Waals surface area (Å²) in [6, 6.07) is 5.28. The molecule has 0 radical (unpaired) electrons. The van der Waals surface area contributed by atoms with E-state index >= 15 is 0 Å². The van der Waals surface area contributed by atoms with E-state index in [1.807, 2.05) is 0 Å². The molecule has 0 aliphatic carbocycles. The predicted octanol–water partition coefficient (Wildman–Crippen LogP) is 2.42. The second-order valence-corrected chi connectivity index (χ2v) is 4.01. The normalized spacial score (nSPS) is 10.1. The molecule has 0 amide bonds. The average molecular weight is 297 g/mol. The van der Waals surface area contributed by atoms with Crippen LogP contribution < -0.4 is 15.2 Å². The van der Waals surface area contributed by atoms with Crippen molar-refractivity contribution < 1.29 is 14.4 Å². The van der Waals surface area contributed by atoms with Crippen LogP contribution in [-0.4, -0.2) is 22.0 Å². The number of aromatic nitrogens is 2. The van der Waals surface area contributed by atoms with Crippen molar-refractivity contribution in [1.82, 2.24) is 9.97 Å². The van der Waals surface area contributed by atoms with Crippen molar-refractivity contribution in [1.29, 1.82) is 0 Å². The number of nitro benzene ring substituents is 1. The van der Waals surface area contributed by atoms with E-state index in [2.05, 4.69) is 9.97 Å². The third-order valence-corrected chi connectivity index (χ3v) is 2.47. The molecule has 0 fully saturated rings. The van der Waals surface area contributed by atoms with Gasteiger partial charge in [0.1, 0.15) is 0 Å². The Labute approximate surface area is 118 Å². The molecule has 0 aliphatic rings. The van der Waals surface area contributed by atoms with E-state index < -0.39 is 4.92 Å². The highest BCUT2D eigenvalue weighted by molar-refractivity contribution is 6.30. The molecule has 8 nitrogen and oxygen atoms in total. The zero-order valence-electron chi connectivity index (χ0n) is 10.2. The quantitative estimate of drug-likeness (QED) is 0.680. The molecule has 1 aromatic carbocycles. The molecule has 9 heteroatoms. The first-order valence-electron chi connectivity index (χ1n) is 5.30. The molecule has 2 N–H and O–H groups in total. The summed E-state index contributed by atoms with van der Waals surface area (Å²) in [5, 5.41) is 11.2. The monoisotopic (exact) mass is 296 g/mol. The Bertz CT molecular complexity index is 665. The van der Waals surface area contributed by atoms with E-state index in [-0.39, 0.29) is 29.1 Å². The van der Waals surface area contributed by atoms with Crippen molar-refractivity contribution in [3.05, 3.63) is 39.4 Å². The van der Waals surface area contributed by atoms with Gasteiger partial charge in [0.25, 0.3) is 0 Å². The van der Waals surface area contributed by atoms with E-state index in [1.165, 1.54) is 31.4 Å². The maximum atomic E-state index is 10.9. The van der Waals surface area contributed by atoms with Crippen molar-refractivity contribution in [2.75, 3.05) is 12.8 Å². The number of anilines is 1. The number of hydrogen-bond donors (Lipinski definition) is 1. The van der Waals surface area contributed by atoms with E-state index in [0.717, 1.165) is 0 Å². The summed E-state index contributed by atoms with van der Waals surface area (Å²) < 4.78 is 10.2. The zero-order valence-corrected chi connectivity index (χ0v) is 11.0. The molecule has 0 unspecified atom stereocenters. The van der Waals surface area contributed by atoms with Crippen LogP contribution in [-0.2, 0) is 0 Å². The van der Waals surface area contributed by atoms with Crippen molar-refractivity contribution in [3.63, 3.8) is 0 Å². The van der Waals surface area contributed by atoms with Crippen molar-refractivity contribution in [3.8, 4) is 17.5 Å². The summed E-state index contributed by atoms with van der Waals surface area (Å²) in [6.07, 6.45) is 0. The molecule has 0 spiro atoms. The summed E-state index contributed by atoms with van der Waals surface area (Å²) in [5.74, 6) is 0.0589. The number of benzene rings is 1. The number of hydrogen-bond acceptors (Lipinski definition) is 7. The maximum absolute atomic E-state index is 10.9. The topological polar surface area (TPSA) is 113 Å². The van der Waals surface area contributed by atoms with Gasteiger partial charge in [0.15, 0.2) is 0 Å². The van der Waals surface area contributed by atoms with Crippen LogP contribution in [0.3, 0.4) is 0 Å². The SMILES string of the molecule is COc1cc(Oc2cc(Cl)ccc2[N+](=O)[O-])nc(N)n1. The molecule has 0 saturated heterocycles. The third-order valence-electron chi connectivity index (χ3n) is 2.24. The lowest BCUT2D eigenvalue weighted by Crippen LogP contribution is -2.00. The van der Waals surface area contributed by atoms with E-state index in [0.29, 0.717) is 5.02 Å². The van der Waals surface area contributed by atoms with Crippen LogP contribution in [0.25, 0.3) is 0 Å². The van der Waals surface area contributed by atoms with Gasteiger partial charge in [-0.1, -0.05) is 11.6 Å². The van der Waals surface area contributed by atoms with Crippen LogP contribution in [0.1, 0.15) is 0 Å². The number of nitrogens with zero attached hydrogens (tertiary/aromatic N) is 3. The minimum absolute atomic E-state index is 0.0136. The van der Waals surface area contributed by atoms with Crippen LogP contribution in [0.4, 0.5) is 11.6 Å². The summed E-state index contributed by atoms with van der Waals surface area (Å²) in [5.41, 5.74) is 5.23. The zero-order chi connectivity index (χ0) is 14.7. The highest BCUT2D eigenvalue weighted by atomic mass is 35.5. The first-order valence-corrected chi connectivity index (χ1v) is 5.67. The number of methoxy groups -OCH3 is 1. The molecule has 0 bridgehead atoms. The standard InChI is InChI=1S/C11H9ClN4O4/c1-19-9-5-10(15-11(13)14-9)20-8-4-6(12)2-3-7(8)16(17)18/h2-5H,1H3,(H2,13,14,15). The molecule has 1 heterocycles. The predicted molar refractivity (Wildman–Crippen MR) is 71.2 cm³/mol. The van der Waals surface area contributed by atoms with Gasteiger partial charge in [-0.15, -0.1) is 0 Å². The lowest BCUT2D eigenvalue weighted by molar-refractivity contribution is -0.385. The van der Waals surface area contributed by atoms with Gasteiger partial charge in [-0.05, 0) is 6.07 Å². The van der Waals surface area contributed by atoms with E-state index in [4.69, 9.17) is 26.8 Å². The Morgan fingerprint density at radius 1 is 1.30 bits per heavy atom. The first kappa shape index (κ1) is 13.8. The summed E-state index contributed by atoms with van der Waals surface area (Å²) in [6.45, 7) is 0. The van der Waals surface area contributed by atoms with Crippen LogP contribution in [0.2, 0.25) is 5.02 Å². The fourth-order valence-corrected chi connectivity index (χ4v) is 1.57. The minimum Gasteiger partial charge on any atom is -0.481 e. The second-order valence-electron chi connectivity index (χ2n) is 3.58.